The fourth-order valence-electron chi connectivity index (χ4n) is 3.68. The molecule has 8 nitrogen and oxygen atoms in total. The van der Waals surface area contributed by atoms with E-state index in [0.717, 1.165) is 0 Å². The van der Waals surface area contributed by atoms with Gasteiger partial charge in [0.2, 0.25) is 15.9 Å². The maximum atomic E-state index is 13.3. The second kappa shape index (κ2) is 8.87. The summed E-state index contributed by atoms with van der Waals surface area (Å²) in [6, 6.07) is 7.75. The molecule has 0 bridgehead atoms. The number of sulfonamides is 1. The van der Waals surface area contributed by atoms with E-state index < -0.39 is 28.3 Å². The van der Waals surface area contributed by atoms with Crippen LogP contribution in [0.5, 0.6) is 0 Å². The van der Waals surface area contributed by atoms with Crippen molar-refractivity contribution in [3.63, 3.8) is 0 Å². The molecule has 0 aliphatic carbocycles. The van der Waals surface area contributed by atoms with Crippen LogP contribution in [-0.4, -0.2) is 86.8 Å². The first-order chi connectivity index (χ1) is 13.3. The van der Waals surface area contributed by atoms with Crippen LogP contribution in [0.2, 0.25) is 0 Å². The lowest BCUT2D eigenvalue weighted by Crippen LogP contribution is -2.57. The monoisotopic (exact) mass is 412 g/mol. The van der Waals surface area contributed by atoms with Crippen LogP contribution >= 0.6 is 0 Å². The lowest BCUT2D eigenvalue weighted by atomic mass is 9.96. The van der Waals surface area contributed by atoms with Gasteiger partial charge in [0.05, 0.1) is 48.9 Å². The quantitative estimate of drug-likeness (QED) is 0.772. The maximum Gasteiger partial charge on any atom is 0.243 e. The zero-order valence-electron chi connectivity index (χ0n) is 16.2. The Labute approximate surface area is 166 Å². The van der Waals surface area contributed by atoms with E-state index in [1.807, 2.05) is 0 Å². The van der Waals surface area contributed by atoms with E-state index in [0.29, 0.717) is 12.8 Å². The number of amides is 1. The van der Waals surface area contributed by atoms with E-state index in [9.17, 15) is 18.3 Å². The van der Waals surface area contributed by atoms with Gasteiger partial charge in [0.15, 0.2) is 0 Å². The molecule has 1 aromatic carbocycles. The molecule has 0 unspecified atom stereocenters. The third kappa shape index (κ3) is 4.72. The SMILES string of the molecule is CN(C)C(=O)C[C@H]1CC[C@H]2[C@@H](COC[C@@H](O)CN2S(=O)(=O)c2ccccc2)O1. The summed E-state index contributed by atoms with van der Waals surface area (Å²) in [5.74, 6) is -0.0283. The van der Waals surface area contributed by atoms with E-state index in [2.05, 4.69) is 0 Å². The third-order valence-corrected chi connectivity index (χ3v) is 7.09. The van der Waals surface area contributed by atoms with E-state index in [-0.39, 0.29) is 43.1 Å². The standard InChI is InChI=1S/C19H28N2O6S/c1-20(2)19(23)10-15-8-9-17-18(27-15)13-26-12-14(22)11-21(17)28(24,25)16-6-4-3-5-7-16/h3-7,14-15,17-18,22H,8-13H2,1-2H3/t14-,15+,17-,18+/m0/s1. The summed E-state index contributed by atoms with van der Waals surface area (Å²) in [6.45, 7) is 0.160. The van der Waals surface area contributed by atoms with Crippen LogP contribution in [0.3, 0.4) is 0 Å². The molecule has 2 saturated heterocycles. The van der Waals surface area contributed by atoms with Crippen molar-refractivity contribution in [1.82, 2.24) is 9.21 Å². The molecule has 28 heavy (non-hydrogen) atoms. The van der Waals surface area contributed by atoms with Crippen LogP contribution in [0, 0.1) is 0 Å². The minimum absolute atomic E-state index is 0.0283. The molecule has 2 heterocycles. The number of ether oxygens (including phenoxy) is 2. The molecule has 1 N–H and O–H groups in total. The number of benzene rings is 1. The largest absolute Gasteiger partial charge is 0.389 e. The van der Waals surface area contributed by atoms with Gasteiger partial charge in [-0.3, -0.25) is 4.79 Å². The van der Waals surface area contributed by atoms with Crippen LogP contribution in [-0.2, 0) is 24.3 Å². The first kappa shape index (κ1) is 21.2. The highest BCUT2D eigenvalue weighted by Gasteiger charge is 2.43. The van der Waals surface area contributed by atoms with Crippen molar-refractivity contribution in [2.45, 2.75) is 48.5 Å². The molecule has 0 radical (unpaired) electrons. The Kier molecular flexibility index (Phi) is 6.72. The molecule has 1 aromatic rings. The van der Waals surface area contributed by atoms with E-state index in [4.69, 9.17) is 9.47 Å². The van der Waals surface area contributed by atoms with Gasteiger partial charge in [-0.1, -0.05) is 18.2 Å². The number of carbonyl (C=O) groups excluding carboxylic acids is 1. The van der Waals surface area contributed by atoms with E-state index in [1.54, 1.807) is 44.4 Å². The van der Waals surface area contributed by atoms with Gasteiger partial charge in [0.25, 0.3) is 0 Å². The third-order valence-electron chi connectivity index (χ3n) is 5.18. The smallest absolute Gasteiger partial charge is 0.243 e. The lowest BCUT2D eigenvalue weighted by Gasteiger charge is -2.43. The number of hydrogen-bond acceptors (Lipinski definition) is 6. The molecule has 4 atom stereocenters. The summed E-state index contributed by atoms with van der Waals surface area (Å²) in [5, 5.41) is 10.2. The highest BCUT2D eigenvalue weighted by atomic mass is 32.2. The van der Waals surface area contributed by atoms with E-state index in [1.165, 1.54) is 9.21 Å². The molecule has 0 saturated carbocycles. The summed E-state index contributed by atoms with van der Waals surface area (Å²) < 4.78 is 39.5. The Hall–Kier alpha value is -1.52. The van der Waals surface area contributed by atoms with Crippen LogP contribution in [0.4, 0.5) is 0 Å². The lowest BCUT2D eigenvalue weighted by molar-refractivity contribution is -0.150. The van der Waals surface area contributed by atoms with Gasteiger partial charge in [-0.05, 0) is 25.0 Å². The molecule has 0 spiro atoms. The second-order valence-corrected chi connectivity index (χ2v) is 9.40. The number of aliphatic hydroxyl groups is 1. The number of carbonyl (C=O) groups is 1. The Morgan fingerprint density at radius 3 is 2.61 bits per heavy atom. The van der Waals surface area contributed by atoms with Crippen LogP contribution in [0.15, 0.2) is 35.2 Å². The topological polar surface area (TPSA) is 96.4 Å². The summed E-state index contributed by atoms with van der Waals surface area (Å²) in [5.41, 5.74) is 0. The molecule has 0 aromatic heterocycles. The van der Waals surface area contributed by atoms with Crippen molar-refractivity contribution in [1.29, 1.82) is 0 Å². The molecule has 1 amide bonds. The van der Waals surface area contributed by atoms with Gasteiger partial charge >= 0.3 is 0 Å². The number of fused-ring (bicyclic) bond motifs is 1. The fourth-order valence-corrected chi connectivity index (χ4v) is 5.41. The van der Waals surface area contributed by atoms with Gasteiger partial charge in [-0.15, -0.1) is 0 Å². The summed E-state index contributed by atoms with van der Waals surface area (Å²) >= 11 is 0. The molecule has 9 heteroatoms. The Morgan fingerprint density at radius 1 is 1.21 bits per heavy atom. The Morgan fingerprint density at radius 2 is 1.93 bits per heavy atom. The van der Waals surface area contributed by atoms with E-state index >= 15 is 0 Å². The number of hydrogen-bond donors (Lipinski definition) is 1. The zero-order valence-corrected chi connectivity index (χ0v) is 17.0. The molecular formula is C19H28N2O6S. The minimum atomic E-state index is -3.80. The number of β-amino-alcohol motifs (C(OH)–C–C–N with tert-alkyl or cyclic N) is 1. The van der Waals surface area contributed by atoms with Crippen LogP contribution in [0.25, 0.3) is 0 Å². The van der Waals surface area contributed by atoms with Gasteiger partial charge in [0.1, 0.15) is 0 Å². The first-order valence-corrected chi connectivity index (χ1v) is 10.9. The zero-order chi connectivity index (χ0) is 20.3. The summed E-state index contributed by atoms with van der Waals surface area (Å²) in [7, 11) is -0.403. The first-order valence-electron chi connectivity index (χ1n) is 9.47. The molecule has 156 valence electrons. The molecule has 2 aliphatic heterocycles. The summed E-state index contributed by atoms with van der Waals surface area (Å²) in [4.78, 5) is 13.7. The van der Waals surface area contributed by atoms with Crippen molar-refractivity contribution in [3.05, 3.63) is 30.3 Å². The van der Waals surface area contributed by atoms with Crippen molar-refractivity contribution in [2.24, 2.45) is 0 Å². The number of nitrogens with zero attached hydrogens (tertiary/aromatic N) is 2. The minimum Gasteiger partial charge on any atom is -0.389 e. The van der Waals surface area contributed by atoms with Crippen LogP contribution in [0.1, 0.15) is 19.3 Å². The van der Waals surface area contributed by atoms with Gasteiger partial charge < -0.3 is 19.5 Å². The maximum absolute atomic E-state index is 13.3. The summed E-state index contributed by atoms with van der Waals surface area (Å²) in [6.07, 6.45) is -0.308. The number of aliphatic hydroxyl groups excluding tert-OH is 1. The highest BCUT2D eigenvalue weighted by Crippen LogP contribution is 2.31. The van der Waals surface area contributed by atoms with Gasteiger partial charge in [0, 0.05) is 20.6 Å². The van der Waals surface area contributed by atoms with Crippen molar-refractivity contribution in [3.8, 4) is 0 Å². The predicted molar refractivity (Wildman–Crippen MR) is 102 cm³/mol. The number of rotatable bonds is 4. The normalized spacial score (nSPS) is 29.4. The van der Waals surface area contributed by atoms with Crippen molar-refractivity contribution in [2.75, 3.05) is 33.9 Å². The molecule has 2 aliphatic rings. The van der Waals surface area contributed by atoms with Crippen molar-refractivity contribution >= 4 is 15.9 Å². The second-order valence-electron chi connectivity index (χ2n) is 7.51. The van der Waals surface area contributed by atoms with Crippen LogP contribution < -0.4 is 0 Å². The average Bonchev–Trinajstić information content (AvgIpc) is 2.65. The van der Waals surface area contributed by atoms with Gasteiger partial charge in [-0.2, -0.15) is 4.31 Å². The average molecular weight is 413 g/mol. The Balaban J connectivity index is 1.83. The molecule has 3 rings (SSSR count). The van der Waals surface area contributed by atoms with Crippen molar-refractivity contribution < 1.29 is 27.8 Å². The fraction of sp³-hybridized carbons (Fsp3) is 0.632. The predicted octanol–water partition coefficient (Wildman–Crippen LogP) is 0.463. The molecular weight excluding hydrogens is 384 g/mol. The Bertz CT molecular complexity index is 770. The molecule has 2 fully saturated rings. The highest BCUT2D eigenvalue weighted by molar-refractivity contribution is 7.89. The van der Waals surface area contributed by atoms with Gasteiger partial charge in [-0.25, -0.2) is 8.42 Å².